The third-order valence-electron chi connectivity index (χ3n) is 3.94. The van der Waals surface area contributed by atoms with Gasteiger partial charge in [0.25, 0.3) is 0 Å². The van der Waals surface area contributed by atoms with Gasteiger partial charge in [-0.05, 0) is 49.2 Å². The lowest BCUT2D eigenvalue weighted by atomic mass is 10.1. The summed E-state index contributed by atoms with van der Waals surface area (Å²) in [4.78, 5) is 17.5. The third-order valence-corrected chi connectivity index (χ3v) is 3.94. The van der Waals surface area contributed by atoms with Gasteiger partial charge in [-0.2, -0.15) is 0 Å². The molecule has 0 bridgehead atoms. The van der Waals surface area contributed by atoms with E-state index in [9.17, 15) is 4.79 Å². The van der Waals surface area contributed by atoms with E-state index in [1.807, 2.05) is 38.1 Å². The molecule has 0 aliphatic rings. The van der Waals surface area contributed by atoms with Crippen LogP contribution in [-0.4, -0.2) is 30.1 Å². The van der Waals surface area contributed by atoms with Crippen LogP contribution in [0.2, 0.25) is 0 Å². The van der Waals surface area contributed by atoms with E-state index in [1.54, 1.807) is 26.2 Å². The molecule has 3 aromatic rings. The molecule has 0 atom stereocenters. The maximum absolute atomic E-state index is 11.7. The maximum Gasteiger partial charge on any atom is 0.414 e. The lowest BCUT2D eigenvalue weighted by molar-refractivity contribution is 0.171. The first kappa shape index (κ1) is 16.8. The van der Waals surface area contributed by atoms with Crippen LogP contribution < -0.4 is 9.47 Å². The molecule has 3 rings (SSSR count). The first-order chi connectivity index (χ1) is 12.0. The molecule has 6 heteroatoms. The van der Waals surface area contributed by atoms with Crippen molar-refractivity contribution >= 4 is 17.2 Å². The smallest absolute Gasteiger partial charge is 0.414 e. The number of amides is 1. The monoisotopic (exact) mass is 340 g/mol. The Kier molecular flexibility index (Phi) is 4.61. The van der Waals surface area contributed by atoms with Crippen LogP contribution in [0, 0.1) is 13.8 Å². The summed E-state index contributed by atoms with van der Waals surface area (Å²) < 4.78 is 16.8. The van der Waals surface area contributed by atoms with Crippen molar-refractivity contribution in [3.05, 3.63) is 53.4 Å². The van der Waals surface area contributed by atoms with Crippen LogP contribution >= 0.6 is 0 Å². The van der Waals surface area contributed by atoms with Crippen molar-refractivity contribution < 1.29 is 18.7 Å². The number of hydrogen-bond donors (Lipinski definition) is 0. The van der Waals surface area contributed by atoms with Gasteiger partial charge < -0.3 is 18.8 Å². The first-order valence-electron chi connectivity index (χ1n) is 7.92. The summed E-state index contributed by atoms with van der Waals surface area (Å²) in [6.45, 7) is 4.04. The molecule has 130 valence electrons. The second kappa shape index (κ2) is 6.84. The molecule has 1 heterocycles. The number of ether oxygens (including phenoxy) is 2. The van der Waals surface area contributed by atoms with Gasteiger partial charge in [0.1, 0.15) is 17.0 Å². The minimum atomic E-state index is -0.414. The molecule has 0 aliphatic heterocycles. The normalized spacial score (nSPS) is 10.7. The number of fused-ring (bicyclic) bond motifs is 1. The van der Waals surface area contributed by atoms with Gasteiger partial charge in [0.2, 0.25) is 5.89 Å². The SMILES string of the molecule is Cc1c(OCc2nc3ccccc3o2)ccc(OC(=O)N(C)C)c1C. The Morgan fingerprint density at radius 2 is 1.76 bits per heavy atom. The van der Waals surface area contributed by atoms with E-state index in [4.69, 9.17) is 13.9 Å². The largest absolute Gasteiger partial charge is 0.484 e. The Labute approximate surface area is 146 Å². The van der Waals surface area contributed by atoms with Gasteiger partial charge in [0.05, 0.1) is 0 Å². The van der Waals surface area contributed by atoms with Crippen molar-refractivity contribution in [3.8, 4) is 11.5 Å². The van der Waals surface area contributed by atoms with Crippen molar-refractivity contribution in [2.45, 2.75) is 20.5 Å². The Morgan fingerprint density at radius 1 is 1.08 bits per heavy atom. The van der Waals surface area contributed by atoms with Gasteiger partial charge >= 0.3 is 6.09 Å². The first-order valence-corrected chi connectivity index (χ1v) is 7.92. The third kappa shape index (κ3) is 3.57. The predicted octanol–water partition coefficient (Wildman–Crippen LogP) is 4.08. The summed E-state index contributed by atoms with van der Waals surface area (Å²) in [6, 6.07) is 11.1. The van der Waals surface area contributed by atoms with Crippen LogP contribution in [0.3, 0.4) is 0 Å². The van der Waals surface area contributed by atoms with E-state index < -0.39 is 6.09 Å². The number of rotatable bonds is 4. The van der Waals surface area contributed by atoms with E-state index in [-0.39, 0.29) is 6.61 Å². The van der Waals surface area contributed by atoms with E-state index in [0.717, 1.165) is 22.2 Å². The molecule has 0 saturated heterocycles. The lowest BCUT2D eigenvalue weighted by Gasteiger charge is -2.15. The number of nitrogens with zero attached hydrogens (tertiary/aromatic N) is 2. The van der Waals surface area contributed by atoms with Crippen molar-refractivity contribution in [2.75, 3.05) is 14.1 Å². The summed E-state index contributed by atoms with van der Waals surface area (Å²) in [7, 11) is 3.28. The van der Waals surface area contributed by atoms with Crippen LogP contribution in [0.1, 0.15) is 17.0 Å². The Balaban J connectivity index is 1.74. The number of aromatic nitrogens is 1. The summed E-state index contributed by atoms with van der Waals surface area (Å²) in [5, 5.41) is 0. The van der Waals surface area contributed by atoms with Crippen molar-refractivity contribution in [1.29, 1.82) is 0 Å². The van der Waals surface area contributed by atoms with Gasteiger partial charge in [0.15, 0.2) is 12.2 Å². The molecule has 0 aliphatic carbocycles. The van der Waals surface area contributed by atoms with E-state index in [2.05, 4.69) is 4.98 Å². The number of para-hydroxylation sites is 2. The number of oxazole rings is 1. The average Bonchev–Trinajstić information content (AvgIpc) is 3.01. The van der Waals surface area contributed by atoms with Gasteiger partial charge in [-0.25, -0.2) is 9.78 Å². The Morgan fingerprint density at radius 3 is 2.48 bits per heavy atom. The Hall–Kier alpha value is -3.02. The molecular formula is C19H20N2O4. The molecule has 0 radical (unpaired) electrons. The highest BCUT2D eigenvalue weighted by atomic mass is 16.6. The summed E-state index contributed by atoms with van der Waals surface area (Å²) in [6.07, 6.45) is -0.414. The molecule has 25 heavy (non-hydrogen) atoms. The van der Waals surface area contributed by atoms with Crippen LogP contribution in [0.4, 0.5) is 4.79 Å². The molecule has 1 amide bonds. The Bertz CT molecular complexity index is 882. The lowest BCUT2D eigenvalue weighted by Crippen LogP contribution is -2.25. The van der Waals surface area contributed by atoms with Gasteiger partial charge in [-0.3, -0.25) is 0 Å². The molecule has 0 unspecified atom stereocenters. The van der Waals surface area contributed by atoms with Gasteiger partial charge in [-0.15, -0.1) is 0 Å². The summed E-state index contributed by atoms with van der Waals surface area (Å²) >= 11 is 0. The molecule has 6 nitrogen and oxygen atoms in total. The minimum absolute atomic E-state index is 0.228. The zero-order chi connectivity index (χ0) is 18.0. The predicted molar refractivity (Wildman–Crippen MR) is 94.0 cm³/mol. The number of carbonyl (C=O) groups is 1. The molecular weight excluding hydrogens is 320 g/mol. The molecule has 2 aromatic carbocycles. The van der Waals surface area contributed by atoms with Crippen LogP contribution in [0.15, 0.2) is 40.8 Å². The number of benzene rings is 2. The van der Waals surface area contributed by atoms with E-state index in [1.165, 1.54) is 4.90 Å². The van der Waals surface area contributed by atoms with E-state index >= 15 is 0 Å². The number of hydrogen-bond acceptors (Lipinski definition) is 5. The standard InChI is InChI=1S/C19H20N2O4/c1-12-13(2)16(25-19(22)21(3)4)10-9-15(12)23-11-18-20-14-7-5-6-8-17(14)24-18/h5-10H,11H2,1-4H3. The van der Waals surface area contributed by atoms with Gasteiger partial charge in [0, 0.05) is 14.1 Å². The second-order valence-electron chi connectivity index (χ2n) is 5.94. The zero-order valence-corrected chi connectivity index (χ0v) is 14.7. The maximum atomic E-state index is 11.7. The van der Waals surface area contributed by atoms with Crippen molar-refractivity contribution in [3.63, 3.8) is 0 Å². The topological polar surface area (TPSA) is 64.8 Å². The van der Waals surface area contributed by atoms with E-state index in [0.29, 0.717) is 17.4 Å². The molecule has 0 N–H and O–H groups in total. The van der Waals surface area contributed by atoms with Crippen molar-refractivity contribution in [2.24, 2.45) is 0 Å². The molecule has 0 fully saturated rings. The fourth-order valence-corrected chi connectivity index (χ4v) is 2.34. The van der Waals surface area contributed by atoms with Gasteiger partial charge in [-0.1, -0.05) is 12.1 Å². The second-order valence-corrected chi connectivity index (χ2v) is 5.94. The quantitative estimate of drug-likeness (QED) is 0.716. The van der Waals surface area contributed by atoms with Crippen LogP contribution in [-0.2, 0) is 6.61 Å². The fraction of sp³-hybridized carbons (Fsp3) is 0.263. The average molecular weight is 340 g/mol. The highest BCUT2D eigenvalue weighted by Crippen LogP contribution is 2.30. The minimum Gasteiger partial charge on any atom is -0.484 e. The molecule has 0 spiro atoms. The summed E-state index contributed by atoms with van der Waals surface area (Å²) in [5.41, 5.74) is 3.30. The fourth-order valence-electron chi connectivity index (χ4n) is 2.34. The highest BCUT2D eigenvalue weighted by Gasteiger charge is 2.14. The summed E-state index contributed by atoms with van der Waals surface area (Å²) in [5.74, 6) is 1.73. The molecule has 0 saturated carbocycles. The highest BCUT2D eigenvalue weighted by molar-refractivity contribution is 5.72. The van der Waals surface area contributed by atoms with Crippen LogP contribution in [0.25, 0.3) is 11.1 Å². The molecule has 1 aromatic heterocycles. The van der Waals surface area contributed by atoms with Crippen LogP contribution in [0.5, 0.6) is 11.5 Å². The van der Waals surface area contributed by atoms with Crippen molar-refractivity contribution in [1.82, 2.24) is 9.88 Å². The zero-order valence-electron chi connectivity index (χ0n) is 14.7. The number of carbonyl (C=O) groups excluding carboxylic acids is 1.